The van der Waals surface area contributed by atoms with Crippen molar-refractivity contribution in [2.75, 3.05) is 6.54 Å². The van der Waals surface area contributed by atoms with Crippen molar-refractivity contribution in [2.45, 2.75) is 57.9 Å². The minimum absolute atomic E-state index is 0.0177. The molecule has 2 N–H and O–H groups in total. The van der Waals surface area contributed by atoms with Gasteiger partial charge in [0, 0.05) is 18.0 Å². The molecule has 4 heteroatoms. The summed E-state index contributed by atoms with van der Waals surface area (Å²) in [5, 5.41) is 8.64. The van der Waals surface area contributed by atoms with E-state index >= 15 is 0 Å². The van der Waals surface area contributed by atoms with Crippen molar-refractivity contribution in [3.8, 4) is 0 Å². The van der Waals surface area contributed by atoms with E-state index < -0.39 is 0 Å². The molecule has 1 aliphatic rings. The van der Waals surface area contributed by atoms with Crippen molar-refractivity contribution in [1.82, 2.24) is 14.8 Å². The van der Waals surface area contributed by atoms with Gasteiger partial charge in [-0.05, 0) is 32.6 Å². The van der Waals surface area contributed by atoms with Gasteiger partial charge in [-0.15, -0.1) is 10.2 Å². The van der Waals surface area contributed by atoms with E-state index in [-0.39, 0.29) is 5.41 Å². The van der Waals surface area contributed by atoms with E-state index in [1.807, 2.05) is 6.92 Å². The standard InChI is InChI=1S/C12H22N4/c1-4-12(5-2,8-13)11-15-14-9(3)16(11)10-6-7-10/h10H,4-8,13H2,1-3H3. The van der Waals surface area contributed by atoms with Crippen LogP contribution in [0.2, 0.25) is 0 Å². The highest BCUT2D eigenvalue weighted by atomic mass is 15.3. The Labute approximate surface area is 97.2 Å². The number of nitrogens with two attached hydrogens (primary N) is 1. The second-order valence-electron chi connectivity index (χ2n) is 4.86. The Morgan fingerprint density at radius 1 is 1.31 bits per heavy atom. The number of aryl methyl sites for hydroxylation is 1. The zero-order valence-electron chi connectivity index (χ0n) is 10.5. The first kappa shape index (κ1) is 11.6. The van der Waals surface area contributed by atoms with Crippen molar-refractivity contribution in [3.63, 3.8) is 0 Å². The maximum atomic E-state index is 5.98. The van der Waals surface area contributed by atoms with E-state index in [4.69, 9.17) is 5.73 Å². The smallest absolute Gasteiger partial charge is 0.140 e. The first-order valence-corrected chi connectivity index (χ1v) is 6.30. The molecule has 0 bridgehead atoms. The number of rotatable bonds is 5. The summed E-state index contributed by atoms with van der Waals surface area (Å²) in [6, 6.07) is 0.633. The molecule has 0 unspecified atom stereocenters. The van der Waals surface area contributed by atoms with Crippen molar-refractivity contribution < 1.29 is 0 Å². The van der Waals surface area contributed by atoms with Crippen LogP contribution in [-0.2, 0) is 5.41 Å². The molecule has 0 saturated heterocycles. The quantitative estimate of drug-likeness (QED) is 0.828. The molecule has 2 rings (SSSR count). The molecule has 0 spiro atoms. The van der Waals surface area contributed by atoms with Crippen molar-refractivity contribution >= 4 is 0 Å². The molecule has 1 aromatic heterocycles. The van der Waals surface area contributed by atoms with E-state index in [2.05, 4.69) is 28.6 Å². The summed E-state index contributed by atoms with van der Waals surface area (Å²) < 4.78 is 2.32. The molecular weight excluding hydrogens is 200 g/mol. The maximum absolute atomic E-state index is 5.98. The molecule has 1 aliphatic carbocycles. The number of aromatic nitrogens is 3. The lowest BCUT2D eigenvalue weighted by molar-refractivity contribution is 0.363. The number of hydrogen-bond donors (Lipinski definition) is 1. The molecule has 0 aliphatic heterocycles. The van der Waals surface area contributed by atoms with Crippen molar-refractivity contribution in [2.24, 2.45) is 5.73 Å². The van der Waals surface area contributed by atoms with Crippen LogP contribution in [0.4, 0.5) is 0 Å². The largest absolute Gasteiger partial charge is 0.329 e. The summed E-state index contributed by atoms with van der Waals surface area (Å²) in [7, 11) is 0. The summed E-state index contributed by atoms with van der Waals surface area (Å²) in [6.45, 7) is 7.08. The Kier molecular flexibility index (Phi) is 3.02. The summed E-state index contributed by atoms with van der Waals surface area (Å²) in [6.07, 6.45) is 4.59. The van der Waals surface area contributed by atoms with E-state index in [9.17, 15) is 0 Å². The number of hydrogen-bond acceptors (Lipinski definition) is 3. The summed E-state index contributed by atoms with van der Waals surface area (Å²) in [5.41, 5.74) is 6.00. The molecule has 1 aromatic rings. The summed E-state index contributed by atoms with van der Waals surface area (Å²) in [4.78, 5) is 0. The molecule has 0 amide bonds. The van der Waals surface area contributed by atoms with E-state index in [0.29, 0.717) is 12.6 Å². The lowest BCUT2D eigenvalue weighted by Gasteiger charge is -2.29. The summed E-state index contributed by atoms with van der Waals surface area (Å²) >= 11 is 0. The predicted molar refractivity (Wildman–Crippen MR) is 64.3 cm³/mol. The fourth-order valence-corrected chi connectivity index (χ4v) is 2.45. The van der Waals surface area contributed by atoms with E-state index in [1.165, 1.54) is 12.8 Å². The minimum Gasteiger partial charge on any atom is -0.329 e. The Morgan fingerprint density at radius 2 is 1.94 bits per heavy atom. The van der Waals surface area contributed by atoms with E-state index in [0.717, 1.165) is 24.5 Å². The van der Waals surface area contributed by atoms with Crippen LogP contribution in [0.15, 0.2) is 0 Å². The van der Waals surface area contributed by atoms with Gasteiger partial charge in [-0.2, -0.15) is 0 Å². The second-order valence-corrected chi connectivity index (χ2v) is 4.86. The van der Waals surface area contributed by atoms with Crippen LogP contribution in [0.1, 0.15) is 57.2 Å². The van der Waals surface area contributed by atoms with Gasteiger partial charge in [0.05, 0.1) is 0 Å². The lowest BCUT2D eigenvalue weighted by Crippen LogP contribution is -2.37. The van der Waals surface area contributed by atoms with Crippen LogP contribution in [0, 0.1) is 6.92 Å². The molecule has 16 heavy (non-hydrogen) atoms. The van der Waals surface area contributed by atoms with Crippen molar-refractivity contribution in [1.29, 1.82) is 0 Å². The molecule has 1 saturated carbocycles. The molecule has 0 aromatic carbocycles. The molecule has 0 radical (unpaired) electrons. The Bertz CT molecular complexity index is 353. The molecule has 4 nitrogen and oxygen atoms in total. The Balaban J connectivity index is 2.44. The Hall–Kier alpha value is -0.900. The van der Waals surface area contributed by atoms with Crippen LogP contribution < -0.4 is 5.73 Å². The SMILES string of the molecule is CCC(CC)(CN)c1nnc(C)n1C1CC1. The number of nitrogens with zero attached hydrogens (tertiary/aromatic N) is 3. The Morgan fingerprint density at radius 3 is 2.38 bits per heavy atom. The third kappa shape index (κ3) is 1.65. The van der Waals surface area contributed by atoms with Gasteiger partial charge in [0.1, 0.15) is 11.6 Å². The molecule has 0 atom stereocenters. The third-order valence-corrected chi connectivity index (χ3v) is 4.00. The normalized spacial score (nSPS) is 16.8. The van der Waals surface area contributed by atoms with Gasteiger partial charge in [-0.25, -0.2) is 0 Å². The van der Waals surface area contributed by atoms with Crippen LogP contribution in [0.3, 0.4) is 0 Å². The molecule has 90 valence electrons. The van der Waals surface area contributed by atoms with Gasteiger partial charge in [-0.1, -0.05) is 13.8 Å². The molecule has 1 fully saturated rings. The zero-order valence-corrected chi connectivity index (χ0v) is 10.5. The van der Waals surface area contributed by atoms with E-state index in [1.54, 1.807) is 0 Å². The van der Waals surface area contributed by atoms with Crippen LogP contribution in [-0.4, -0.2) is 21.3 Å². The van der Waals surface area contributed by atoms with Gasteiger partial charge < -0.3 is 10.3 Å². The highest BCUT2D eigenvalue weighted by Crippen LogP contribution is 2.40. The van der Waals surface area contributed by atoms with Gasteiger partial charge >= 0.3 is 0 Å². The fraction of sp³-hybridized carbons (Fsp3) is 0.833. The molecule has 1 heterocycles. The van der Waals surface area contributed by atoms with Crippen LogP contribution in [0.5, 0.6) is 0 Å². The molecular formula is C12H22N4. The predicted octanol–water partition coefficient (Wildman–Crippen LogP) is 1.94. The average molecular weight is 222 g/mol. The zero-order chi connectivity index (χ0) is 11.8. The average Bonchev–Trinajstić information content (AvgIpc) is 3.07. The van der Waals surface area contributed by atoms with Crippen molar-refractivity contribution in [3.05, 3.63) is 11.6 Å². The maximum Gasteiger partial charge on any atom is 0.140 e. The first-order valence-electron chi connectivity index (χ1n) is 6.30. The topological polar surface area (TPSA) is 56.7 Å². The van der Waals surface area contributed by atoms with Gasteiger partial charge in [0.25, 0.3) is 0 Å². The fourth-order valence-electron chi connectivity index (χ4n) is 2.45. The monoisotopic (exact) mass is 222 g/mol. The second kappa shape index (κ2) is 4.17. The van der Waals surface area contributed by atoms with Crippen LogP contribution >= 0.6 is 0 Å². The minimum atomic E-state index is 0.0177. The highest BCUT2D eigenvalue weighted by molar-refractivity contribution is 5.14. The lowest BCUT2D eigenvalue weighted by atomic mass is 9.81. The third-order valence-electron chi connectivity index (χ3n) is 4.00. The van der Waals surface area contributed by atoms with Gasteiger partial charge in [0.15, 0.2) is 0 Å². The van der Waals surface area contributed by atoms with Gasteiger partial charge in [0.2, 0.25) is 0 Å². The van der Waals surface area contributed by atoms with Crippen LogP contribution in [0.25, 0.3) is 0 Å². The first-order chi connectivity index (χ1) is 7.68. The van der Waals surface area contributed by atoms with Gasteiger partial charge in [-0.3, -0.25) is 0 Å². The summed E-state index contributed by atoms with van der Waals surface area (Å²) in [5.74, 6) is 2.15. The highest BCUT2D eigenvalue weighted by Gasteiger charge is 2.37.